The van der Waals surface area contributed by atoms with Gasteiger partial charge in [-0.25, -0.2) is 0 Å². The maximum atomic E-state index is 8.90. The van der Waals surface area contributed by atoms with Gasteiger partial charge in [0.15, 0.2) is 0 Å². The van der Waals surface area contributed by atoms with Crippen LogP contribution in [0.15, 0.2) is 71.9 Å². The number of fused-ring (bicyclic) bond motifs is 1. The first-order chi connectivity index (χ1) is 10.4. The standard InChI is InChI=1S/C18H15NO2/c20-19-12-17-16-9-5-4-8-15(16)10-11-18(17)21-13-14-6-2-1-3-7-14/h1-12,20H,13H2. The van der Waals surface area contributed by atoms with Crippen LogP contribution in [0.4, 0.5) is 0 Å². The molecule has 1 N–H and O–H groups in total. The van der Waals surface area contributed by atoms with Gasteiger partial charge in [0, 0.05) is 5.56 Å². The lowest BCUT2D eigenvalue weighted by molar-refractivity contribution is 0.304. The van der Waals surface area contributed by atoms with Crippen molar-refractivity contribution in [1.82, 2.24) is 0 Å². The average molecular weight is 277 g/mol. The van der Waals surface area contributed by atoms with E-state index in [2.05, 4.69) is 5.16 Å². The van der Waals surface area contributed by atoms with Crippen LogP contribution in [-0.4, -0.2) is 11.4 Å². The zero-order valence-electron chi connectivity index (χ0n) is 11.4. The monoisotopic (exact) mass is 277 g/mol. The highest BCUT2D eigenvalue weighted by Gasteiger charge is 2.07. The van der Waals surface area contributed by atoms with E-state index in [0.717, 1.165) is 21.9 Å². The van der Waals surface area contributed by atoms with Crippen molar-refractivity contribution in [3.8, 4) is 5.75 Å². The maximum Gasteiger partial charge on any atom is 0.129 e. The lowest BCUT2D eigenvalue weighted by atomic mass is 10.0. The van der Waals surface area contributed by atoms with Crippen LogP contribution in [-0.2, 0) is 6.61 Å². The summed E-state index contributed by atoms with van der Waals surface area (Å²) in [5, 5.41) is 14.2. The highest BCUT2D eigenvalue weighted by Crippen LogP contribution is 2.27. The van der Waals surface area contributed by atoms with E-state index >= 15 is 0 Å². The van der Waals surface area contributed by atoms with Crippen molar-refractivity contribution in [2.75, 3.05) is 0 Å². The van der Waals surface area contributed by atoms with Gasteiger partial charge in [0.1, 0.15) is 12.4 Å². The van der Waals surface area contributed by atoms with Gasteiger partial charge in [0.25, 0.3) is 0 Å². The van der Waals surface area contributed by atoms with E-state index in [1.54, 1.807) is 0 Å². The van der Waals surface area contributed by atoms with Crippen LogP contribution >= 0.6 is 0 Å². The molecule has 3 heteroatoms. The predicted molar refractivity (Wildman–Crippen MR) is 84.1 cm³/mol. The van der Waals surface area contributed by atoms with Gasteiger partial charge < -0.3 is 9.94 Å². The topological polar surface area (TPSA) is 41.8 Å². The fraction of sp³-hybridized carbons (Fsp3) is 0.0556. The lowest BCUT2D eigenvalue weighted by Gasteiger charge is -2.11. The summed E-state index contributed by atoms with van der Waals surface area (Å²) in [6, 6.07) is 21.8. The molecule has 0 heterocycles. The smallest absolute Gasteiger partial charge is 0.129 e. The van der Waals surface area contributed by atoms with Crippen LogP contribution < -0.4 is 4.74 Å². The van der Waals surface area contributed by atoms with Gasteiger partial charge in [0.05, 0.1) is 6.21 Å². The van der Waals surface area contributed by atoms with Crippen LogP contribution in [0.1, 0.15) is 11.1 Å². The Hall–Kier alpha value is -2.81. The van der Waals surface area contributed by atoms with Crippen molar-refractivity contribution in [3.63, 3.8) is 0 Å². The first-order valence-electron chi connectivity index (χ1n) is 6.74. The predicted octanol–water partition coefficient (Wildman–Crippen LogP) is 4.23. The van der Waals surface area contributed by atoms with Crippen molar-refractivity contribution < 1.29 is 9.94 Å². The second-order valence-electron chi connectivity index (χ2n) is 4.72. The van der Waals surface area contributed by atoms with E-state index in [1.807, 2.05) is 66.7 Å². The zero-order chi connectivity index (χ0) is 14.5. The van der Waals surface area contributed by atoms with Crippen LogP contribution in [0, 0.1) is 0 Å². The summed E-state index contributed by atoms with van der Waals surface area (Å²) in [5.41, 5.74) is 1.88. The van der Waals surface area contributed by atoms with Crippen LogP contribution in [0.5, 0.6) is 5.75 Å². The number of hydrogen-bond donors (Lipinski definition) is 1. The first kappa shape index (κ1) is 13.2. The quantitative estimate of drug-likeness (QED) is 0.440. The molecule has 3 aromatic rings. The Kier molecular flexibility index (Phi) is 3.83. The molecule has 0 fully saturated rings. The molecule has 3 nitrogen and oxygen atoms in total. The third-order valence-corrected chi connectivity index (χ3v) is 3.35. The van der Waals surface area contributed by atoms with Crippen molar-refractivity contribution in [1.29, 1.82) is 0 Å². The summed E-state index contributed by atoms with van der Waals surface area (Å²) in [4.78, 5) is 0. The molecular weight excluding hydrogens is 262 g/mol. The Morgan fingerprint density at radius 1 is 0.905 bits per heavy atom. The van der Waals surface area contributed by atoms with Crippen molar-refractivity contribution >= 4 is 17.0 Å². The van der Waals surface area contributed by atoms with E-state index in [0.29, 0.717) is 12.4 Å². The van der Waals surface area contributed by atoms with E-state index < -0.39 is 0 Å². The van der Waals surface area contributed by atoms with Crippen molar-refractivity contribution in [3.05, 3.63) is 77.9 Å². The van der Waals surface area contributed by atoms with E-state index in [4.69, 9.17) is 9.94 Å². The van der Waals surface area contributed by atoms with Crippen LogP contribution in [0.2, 0.25) is 0 Å². The minimum Gasteiger partial charge on any atom is -0.488 e. The normalized spacial score (nSPS) is 11.0. The summed E-state index contributed by atoms with van der Waals surface area (Å²) in [6.45, 7) is 0.478. The second-order valence-corrected chi connectivity index (χ2v) is 4.72. The summed E-state index contributed by atoms with van der Waals surface area (Å²) in [6.07, 6.45) is 1.42. The Labute approximate surface area is 123 Å². The fourth-order valence-corrected chi connectivity index (χ4v) is 2.33. The number of hydrogen-bond acceptors (Lipinski definition) is 3. The van der Waals surface area contributed by atoms with Crippen molar-refractivity contribution in [2.24, 2.45) is 5.16 Å². The molecule has 0 aliphatic rings. The molecule has 0 amide bonds. The molecule has 0 atom stereocenters. The third-order valence-electron chi connectivity index (χ3n) is 3.35. The van der Waals surface area contributed by atoms with E-state index in [-0.39, 0.29) is 0 Å². The van der Waals surface area contributed by atoms with Gasteiger partial charge in [-0.15, -0.1) is 0 Å². The van der Waals surface area contributed by atoms with Crippen molar-refractivity contribution in [2.45, 2.75) is 6.61 Å². The number of benzene rings is 3. The molecule has 0 saturated carbocycles. The molecule has 0 aliphatic carbocycles. The lowest BCUT2D eigenvalue weighted by Crippen LogP contribution is -1.99. The molecule has 0 saturated heterocycles. The summed E-state index contributed by atoms with van der Waals surface area (Å²) >= 11 is 0. The van der Waals surface area contributed by atoms with Gasteiger partial charge in [-0.3, -0.25) is 0 Å². The average Bonchev–Trinajstić information content (AvgIpc) is 2.55. The summed E-state index contributed by atoms with van der Waals surface area (Å²) in [5.74, 6) is 0.704. The minimum absolute atomic E-state index is 0.478. The number of ether oxygens (including phenoxy) is 1. The largest absolute Gasteiger partial charge is 0.488 e. The molecule has 104 valence electrons. The molecule has 0 spiro atoms. The molecule has 3 rings (SSSR count). The maximum absolute atomic E-state index is 8.90. The summed E-state index contributed by atoms with van der Waals surface area (Å²) in [7, 11) is 0. The van der Waals surface area contributed by atoms with E-state index in [9.17, 15) is 0 Å². The molecule has 0 unspecified atom stereocenters. The molecule has 0 aromatic heterocycles. The Balaban J connectivity index is 1.96. The molecule has 0 aliphatic heterocycles. The van der Waals surface area contributed by atoms with E-state index in [1.165, 1.54) is 6.21 Å². The highest BCUT2D eigenvalue weighted by atomic mass is 16.5. The fourth-order valence-electron chi connectivity index (χ4n) is 2.33. The first-order valence-corrected chi connectivity index (χ1v) is 6.74. The molecule has 0 bridgehead atoms. The second kappa shape index (κ2) is 6.09. The van der Waals surface area contributed by atoms with Gasteiger partial charge in [0.2, 0.25) is 0 Å². The number of rotatable bonds is 4. The SMILES string of the molecule is ON=Cc1c(OCc2ccccc2)ccc2ccccc12. The van der Waals surface area contributed by atoms with Gasteiger partial charge in [-0.1, -0.05) is 65.8 Å². The molecular formula is C18H15NO2. The molecule has 3 aromatic carbocycles. The third kappa shape index (κ3) is 2.87. The number of oxime groups is 1. The van der Waals surface area contributed by atoms with Crippen LogP contribution in [0.3, 0.4) is 0 Å². The Bertz CT molecular complexity index is 767. The molecule has 0 radical (unpaired) electrons. The number of nitrogens with zero attached hydrogens (tertiary/aromatic N) is 1. The van der Waals surface area contributed by atoms with Gasteiger partial charge >= 0.3 is 0 Å². The van der Waals surface area contributed by atoms with Gasteiger partial charge in [-0.05, 0) is 22.4 Å². The Morgan fingerprint density at radius 3 is 2.48 bits per heavy atom. The highest BCUT2D eigenvalue weighted by molar-refractivity contribution is 6.02. The Morgan fingerprint density at radius 2 is 1.67 bits per heavy atom. The van der Waals surface area contributed by atoms with Gasteiger partial charge in [-0.2, -0.15) is 0 Å². The van der Waals surface area contributed by atoms with Crippen LogP contribution in [0.25, 0.3) is 10.8 Å². The zero-order valence-corrected chi connectivity index (χ0v) is 11.4. The minimum atomic E-state index is 0.478. The molecule has 21 heavy (non-hydrogen) atoms. The summed E-state index contributed by atoms with van der Waals surface area (Å²) < 4.78 is 5.88.